The van der Waals surface area contributed by atoms with E-state index in [1.54, 1.807) is 13.1 Å². The molecule has 0 unspecified atom stereocenters. The summed E-state index contributed by atoms with van der Waals surface area (Å²) in [6.07, 6.45) is 6.03. The van der Waals surface area contributed by atoms with Gasteiger partial charge in [0.05, 0.1) is 11.7 Å². The zero-order chi connectivity index (χ0) is 16.3. The highest BCUT2D eigenvalue weighted by Gasteiger charge is 2.51. The lowest BCUT2D eigenvalue weighted by Crippen LogP contribution is -2.33. The molecule has 0 atom stereocenters. The third kappa shape index (κ3) is 2.97. The van der Waals surface area contributed by atoms with E-state index in [0.29, 0.717) is 23.6 Å². The largest absolute Gasteiger partial charge is 0.454 e. The number of carbonyl (C=O) groups is 1. The highest BCUT2D eigenvalue weighted by molar-refractivity contribution is 5.92. The van der Waals surface area contributed by atoms with Crippen LogP contribution < -0.4 is 14.8 Å². The number of aliphatic imine (C=N–C) groups is 1. The van der Waals surface area contributed by atoms with Crippen LogP contribution in [0.2, 0.25) is 0 Å². The Morgan fingerprint density at radius 2 is 2.13 bits per heavy atom. The Morgan fingerprint density at radius 1 is 1.35 bits per heavy atom. The van der Waals surface area contributed by atoms with Crippen LogP contribution in [-0.2, 0) is 10.2 Å². The molecule has 1 saturated carbocycles. The van der Waals surface area contributed by atoms with E-state index in [9.17, 15) is 9.18 Å². The number of ether oxygens (including phenoxy) is 2. The number of hydrogen-bond acceptors (Lipinski definition) is 4. The van der Waals surface area contributed by atoms with Crippen LogP contribution in [0.25, 0.3) is 0 Å². The minimum absolute atomic E-state index is 0.152. The summed E-state index contributed by atoms with van der Waals surface area (Å²) in [5.74, 6) is 1.50. The van der Waals surface area contributed by atoms with Gasteiger partial charge in [-0.05, 0) is 49.6 Å². The number of amides is 1. The summed E-state index contributed by atoms with van der Waals surface area (Å²) in [7, 11) is 0. The molecule has 6 heteroatoms. The second-order valence-corrected chi connectivity index (χ2v) is 5.36. The third-order valence-electron chi connectivity index (χ3n) is 3.95. The molecular weight excluding hydrogens is 299 g/mol. The molecule has 1 aliphatic heterocycles. The molecule has 5 nitrogen and oxygen atoms in total. The number of carbonyl (C=O) groups excluding carboxylic acids is 1. The Bertz CT molecular complexity index is 706. The van der Waals surface area contributed by atoms with Crippen molar-refractivity contribution >= 4 is 12.1 Å². The van der Waals surface area contributed by atoms with E-state index in [-0.39, 0.29) is 12.7 Å². The van der Waals surface area contributed by atoms with Gasteiger partial charge in [0, 0.05) is 6.21 Å². The van der Waals surface area contributed by atoms with Crippen LogP contribution in [0.3, 0.4) is 0 Å². The van der Waals surface area contributed by atoms with Gasteiger partial charge < -0.3 is 14.8 Å². The fraction of sp³-hybridized carbons (Fsp3) is 0.294. The van der Waals surface area contributed by atoms with Gasteiger partial charge in [0.1, 0.15) is 5.82 Å². The molecule has 120 valence electrons. The predicted octanol–water partition coefficient (Wildman–Crippen LogP) is 2.98. The fourth-order valence-electron chi connectivity index (χ4n) is 2.59. The van der Waals surface area contributed by atoms with Gasteiger partial charge in [0.2, 0.25) is 12.7 Å². The first kappa shape index (κ1) is 15.3. The van der Waals surface area contributed by atoms with Gasteiger partial charge in [0.15, 0.2) is 11.5 Å². The topological polar surface area (TPSA) is 59.9 Å². The maximum absolute atomic E-state index is 12.7. The molecule has 0 bridgehead atoms. The van der Waals surface area contributed by atoms with Crippen LogP contribution in [0.15, 0.2) is 47.5 Å². The number of nitrogens with one attached hydrogen (secondary N) is 1. The van der Waals surface area contributed by atoms with Crippen molar-refractivity contribution in [3.8, 4) is 11.5 Å². The summed E-state index contributed by atoms with van der Waals surface area (Å²) in [6, 6.07) is 5.55. The summed E-state index contributed by atoms with van der Waals surface area (Å²) in [4.78, 5) is 16.7. The molecular formula is C17H17FN2O3. The van der Waals surface area contributed by atoms with E-state index in [1.165, 1.54) is 12.2 Å². The van der Waals surface area contributed by atoms with Crippen molar-refractivity contribution in [3.63, 3.8) is 0 Å². The van der Waals surface area contributed by atoms with Crippen molar-refractivity contribution in [2.24, 2.45) is 4.99 Å². The average Bonchev–Trinajstić information content (AvgIpc) is 3.24. The number of benzene rings is 1. The molecule has 1 aromatic rings. The van der Waals surface area contributed by atoms with Crippen molar-refractivity contribution in [2.75, 3.05) is 6.79 Å². The maximum atomic E-state index is 12.7. The molecule has 1 aromatic carbocycles. The predicted molar refractivity (Wildman–Crippen MR) is 84.1 cm³/mol. The lowest BCUT2D eigenvalue weighted by Gasteiger charge is -2.16. The molecule has 2 aliphatic rings. The quantitative estimate of drug-likeness (QED) is 0.671. The summed E-state index contributed by atoms with van der Waals surface area (Å²) in [5.41, 5.74) is 0.308. The minimum Gasteiger partial charge on any atom is -0.454 e. The van der Waals surface area contributed by atoms with E-state index in [4.69, 9.17) is 9.47 Å². The van der Waals surface area contributed by atoms with E-state index in [0.717, 1.165) is 18.4 Å². The number of allylic oxidation sites excluding steroid dienone is 2. The number of fused-ring (bicyclic) bond motifs is 1. The van der Waals surface area contributed by atoms with Crippen LogP contribution in [0.1, 0.15) is 25.3 Å². The van der Waals surface area contributed by atoms with E-state index < -0.39 is 5.41 Å². The minimum atomic E-state index is -0.581. The molecule has 0 radical (unpaired) electrons. The van der Waals surface area contributed by atoms with Gasteiger partial charge >= 0.3 is 0 Å². The van der Waals surface area contributed by atoms with E-state index in [2.05, 4.69) is 10.3 Å². The Kier molecular flexibility index (Phi) is 4.14. The Balaban J connectivity index is 1.81. The van der Waals surface area contributed by atoms with Crippen LogP contribution in [0, 0.1) is 0 Å². The van der Waals surface area contributed by atoms with Crippen LogP contribution in [0.5, 0.6) is 11.5 Å². The Morgan fingerprint density at radius 3 is 2.83 bits per heavy atom. The monoisotopic (exact) mass is 316 g/mol. The van der Waals surface area contributed by atoms with Crippen molar-refractivity contribution < 1.29 is 18.7 Å². The standard InChI is InChI=1S/C17H17FN2O3/c1-2-19-15(4-3-9-18)20-16(21)17(7-8-17)12-5-6-13-14(10-12)23-11-22-13/h2-6,9-10H,7-8,11H2,1H3,(H,20,21)/b9-3+,15-4+,19-2-. The van der Waals surface area contributed by atoms with Crippen LogP contribution >= 0.6 is 0 Å². The third-order valence-corrected chi connectivity index (χ3v) is 3.95. The second-order valence-electron chi connectivity index (χ2n) is 5.36. The first-order chi connectivity index (χ1) is 11.2. The van der Waals surface area contributed by atoms with Gasteiger partial charge in [-0.2, -0.15) is 0 Å². The lowest BCUT2D eigenvalue weighted by atomic mass is 9.94. The number of nitrogens with zero attached hydrogens (tertiary/aromatic N) is 1. The SMILES string of the molecule is C\C=N/C(=C\C=C\F)NC(=O)C1(c2ccc3c(c2)OCO3)CC1. The molecule has 0 aromatic heterocycles. The Labute approximate surface area is 133 Å². The molecule has 1 heterocycles. The molecule has 0 saturated heterocycles. The number of hydrogen-bond donors (Lipinski definition) is 1. The smallest absolute Gasteiger partial charge is 0.236 e. The van der Waals surface area contributed by atoms with Gasteiger partial charge in [0.25, 0.3) is 0 Å². The van der Waals surface area contributed by atoms with Crippen molar-refractivity contribution in [1.29, 1.82) is 0 Å². The molecule has 0 spiro atoms. The summed E-state index contributed by atoms with van der Waals surface area (Å²) in [5, 5.41) is 2.76. The number of rotatable bonds is 5. The molecule has 1 fully saturated rings. The normalized spacial score (nSPS) is 18.6. The molecule has 1 N–H and O–H groups in total. The number of halogens is 1. The highest BCUT2D eigenvalue weighted by atomic mass is 19.1. The summed E-state index contributed by atoms with van der Waals surface area (Å²) >= 11 is 0. The second kappa shape index (κ2) is 6.24. The average molecular weight is 316 g/mol. The highest BCUT2D eigenvalue weighted by Crippen LogP contribution is 2.50. The Hall–Kier alpha value is -2.63. The first-order valence-electron chi connectivity index (χ1n) is 7.37. The van der Waals surface area contributed by atoms with Crippen LogP contribution in [0.4, 0.5) is 4.39 Å². The molecule has 1 amide bonds. The fourth-order valence-corrected chi connectivity index (χ4v) is 2.59. The molecule has 23 heavy (non-hydrogen) atoms. The van der Waals surface area contributed by atoms with E-state index in [1.807, 2.05) is 18.2 Å². The van der Waals surface area contributed by atoms with Gasteiger partial charge in [-0.3, -0.25) is 4.79 Å². The first-order valence-corrected chi connectivity index (χ1v) is 7.37. The summed E-state index contributed by atoms with van der Waals surface area (Å²) in [6.45, 7) is 1.93. The van der Waals surface area contributed by atoms with Crippen molar-refractivity contribution in [2.45, 2.75) is 25.2 Å². The van der Waals surface area contributed by atoms with E-state index >= 15 is 0 Å². The molecule has 1 aliphatic carbocycles. The molecule has 3 rings (SSSR count). The zero-order valence-electron chi connectivity index (χ0n) is 12.7. The van der Waals surface area contributed by atoms with Crippen molar-refractivity contribution in [3.05, 3.63) is 48.1 Å². The van der Waals surface area contributed by atoms with Crippen molar-refractivity contribution in [1.82, 2.24) is 5.32 Å². The lowest BCUT2D eigenvalue weighted by molar-refractivity contribution is -0.122. The maximum Gasteiger partial charge on any atom is 0.236 e. The van der Waals surface area contributed by atoms with Gasteiger partial charge in [-0.15, -0.1) is 0 Å². The van der Waals surface area contributed by atoms with Gasteiger partial charge in [-0.1, -0.05) is 6.07 Å². The zero-order valence-corrected chi connectivity index (χ0v) is 12.7. The van der Waals surface area contributed by atoms with Gasteiger partial charge in [-0.25, -0.2) is 9.38 Å². The van der Waals surface area contributed by atoms with Crippen LogP contribution in [-0.4, -0.2) is 18.9 Å². The summed E-state index contributed by atoms with van der Waals surface area (Å²) < 4.78 is 22.8.